The molecule has 2 rings (SSSR count). The van der Waals surface area contributed by atoms with Crippen LogP contribution in [0.1, 0.15) is 31.9 Å². The fraction of sp³-hybridized carbons (Fsp3) is 0.235. The zero-order valence-electron chi connectivity index (χ0n) is 11.8. The molecule has 2 aromatic carbocycles. The lowest BCUT2D eigenvalue weighted by molar-refractivity contribution is -0.131. The van der Waals surface area contributed by atoms with E-state index >= 15 is 0 Å². The van der Waals surface area contributed by atoms with Crippen LogP contribution in [0.2, 0.25) is 5.02 Å². The first-order valence-corrected chi connectivity index (χ1v) is 6.83. The highest BCUT2D eigenvalue weighted by molar-refractivity contribution is 6.30. The van der Waals surface area contributed by atoms with Gasteiger partial charge in [-0.25, -0.2) is 0 Å². The summed E-state index contributed by atoms with van der Waals surface area (Å²) in [7, 11) is 0. The van der Waals surface area contributed by atoms with E-state index in [0.29, 0.717) is 10.8 Å². The Morgan fingerprint density at radius 2 is 1.80 bits per heavy atom. The third kappa shape index (κ3) is 3.02. The minimum absolute atomic E-state index is 0.309. The normalized spacial score (nSPS) is 11.2. The molecule has 0 unspecified atom stereocenters. The molecule has 0 saturated heterocycles. The molecule has 0 aromatic heterocycles. The van der Waals surface area contributed by atoms with Gasteiger partial charge >= 0.3 is 5.97 Å². The van der Waals surface area contributed by atoms with Crippen LogP contribution in [0.5, 0.6) is 5.75 Å². The van der Waals surface area contributed by atoms with Gasteiger partial charge in [0.2, 0.25) is 0 Å². The van der Waals surface area contributed by atoms with Crippen molar-refractivity contribution in [3.05, 3.63) is 64.7 Å². The highest BCUT2D eigenvalue weighted by Gasteiger charge is 2.27. The molecule has 0 amide bonds. The monoisotopic (exact) mass is 288 g/mol. The highest BCUT2D eigenvalue weighted by Crippen LogP contribution is 2.37. The minimum Gasteiger partial charge on any atom is -0.426 e. The first kappa shape index (κ1) is 14.6. The van der Waals surface area contributed by atoms with Crippen molar-refractivity contribution >= 4 is 17.6 Å². The molecule has 0 heterocycles. The van der Waals surface area contributed by atoms with E-state index in [1.54, 1.807) is 0 Å². The van der Waals surface area contributed by atoms with Gasteiger partial charge in [0.05, 0.1) is 0 Å². The molecule has 0 spiro atoms. The van der Waals surface area contributed by atoms with Gasteiger partial charge in [-0.05, 0) is 23.8 Å². The lowest BCUT2D eigenvalue weighted by Gasteiger charge is -2.28. The van der Waals surface area contributed by atoms with Gasteiger partial charge < -0.3 is 4.74 Å². The van der Waals surface area contributed by atoms with Crippen molar-refractivity contribution < 1.29 is 9.53 Å². The Labute approximate surface area is 124 Å². The molecule has 0 bridgehead atoms. The van der Waals surface area contributed by atoms with E-state index in [-0.39, 0.29) is 11.4 Å². The standard InChI is InChI=1S/C17H17ClO2/c1-12(19)20-16-10-5-4-9-15(16)17(2,3)13-7-6-8-14(18)11-13/h4-11H,1-3H3. The second-order valence-corrected chi connectivity index (χ2v) is 5.66. The van der Waals surface area contributed by atoms with Crippen LogP contribution in [-0.4, -0.2) is 5.97 Å². The Morgan fingerprint density at radius 1 is 1.10 bits per heavy atom. The average molecular weight is 289 g/mol. The van der Waals surface area contributed by atoms with Gasteiger partial charge in [0, 0.05) is 22.9 Å². The van der Waals surface area contributed by atoms with Crippen LogP contribution in [0.25, 0.3) is 0 Å². The SMILES string of the molecule is CC(=O)Oc1ccccc1C(C)(C)c1cccc(Cl)c1. The fourth-order valence-electron chi connectivity index (χ4n) is 2.26. The molecular formula is C17H17ClO2. The third-order valence-electron chi connectivity index (χ3n) is 3.36. The lowest BCUT2D eigenvalue weighted by Crippen LogP contribution is -2.20. The molecule has 0 saturated carbocycles. The minimum atomic E-state index is -0.320. The summed E-state index contributed by atoms with van der Waals surface area (Å²) in [6.07, 6.45) is 0. The summed E-state index contributed by atoms with van der Waals surface area (Å²) in [4.78, 5) is 11.2. The molecule has 0 radical (unpaired) electrons. The Kier molecular flexibility index (Phi) is 4.15. The van der Waals surface area contributed by atoms with Crippen LogP contribution >= 0.6 is 11.6 Å². The van der Waals surface area contributed by atoms with Crippen molar-refractivity contribution in [2.45, 2.75) is 26.2 Å². The Hall–Kier alpha value is -1.80. The molecule has 104 valence electrons. The molecule has 0 aliphatic rings. The maximum atomic E-state index is 11.2. The quantitative estimate of drug-likeness (QED) is 0.610. The first-order valence-electron chi connectivity index (χ1n) is 6.45. The Bertz CT molecular complexity index is 632. The molecule has 0 N–H and O–H groups in total. The van der Waals surface area contributed by atoms with Crippen LogP contribution in [0, 0.1) is 0 Å². The zero-order chi connectivity index (χ0) is 14.8. The lowest BCUT2D eigenvalue weighted by atomic mass is 9.78. The molecule has 2 aromatic rings. The number of esters is 1. The zero-order valence-corrected chi connectivity index (χ0v) is 12.6. The number of carbonyl (C=O) groups is 1. The van der Waals surface area contributed by atoms with Gasteiger partial charge in [-0.1, -0.05) is 55.8 Å². The average Bonchev–Trinajstić information content (AvgIpc) is 2.38. The fourth-order valence-corrected chi connectivity index (χ4v) is 2.45. The van der Waals surface area contributed by atoms with E-state index in [4.69, 9.17) is 16.3 Å². The molecule has 20 heavy (non-hydrogen) atoms. The van der Waals surface area contributed by atoms with Crippen molar-refractivity contribution in [3.63, 3.8) is 0 Å². The summed E-state index contributed by atoms with van der Waals surface area (Å²) in [5, 5.41) is 0.695. The van der Waals surface area contributed by atoms with E-state index in [0.717, 1.165) is 11.1 Å². The number of carbonyl (C=O) groups excluding carboxylic acids is 1. The maximum absolute atomic E-state index is 11.2. The number of benzene rings is 2. The Balaban J connectivity index is 2.51. The predicted octanol–water partition coefficient (Wildman–Crippen LogP) is 4.59. The van der Waals surface area contributed by atoms with Crippen LogP contribution in [0.4, 0.5) is 0 Å². The topological polar surface area (TPSA) is 26.3 Å². The number of hydrogen-bond acceptors (Lipinski definition) is 2. The maximum Gasteiger partial charge on any atom is 0.308 e. The van der Waals surface area contributed by atoms with Crippen molar-refractivity contribution in [2.24, 2.45) is 0 Å². The number of ether oxygens (including phenoxy) is 1. The summed E-state index contributed by atoms with van der Waals surface area (Å²) in [6, 6.07) is 15.3. The van der Waals surface area contributed by atoms with Crippen molar-refractivity contribution in [1.29, 1.82) is 0 Å². The molecule has 0 aliphatic heterocycles. The third-order valence-corrected chi connectivity index (χ3v) is 3.60. The second kappa shape index (κ2) is 5.68. The predicted molar refractivity (Wildman–Crippen MR) is 81.3 cm³/mol. The summed E-state index contributed by atoms with van der Waals surface area (Å²) in [6.45, 7) is 5.57. The van der Waals surface area contributed by atoms with E-state index < -0.39 is 0 Å². The van der Waals surface area contributed by atoms with Gasteiger partial charge in [0.15, 0.2) is 0 Å². The molecular weight excluding hydrogens is 272 g/mol. The molecule has 0 aliphatic carbocycles. The van der Waals surface area contributed by atoms with E-state index in [2.05, 4.69) is 13.8 Å². The van der Waals surface area contributed by atoms with Gasteiger partial charge in [-0.3, -0.25) is 4.79 Å². The van der Waals surface area contributed by atoms with Crippen LogP contribution < -0.4 is 4.74 Å². The molecule has 0 atom stereocenters. The Morgan fingerprint density at radius 3 is 2.45 bits per heavy atom. The molecule has 0 fully saturated rings. The summed E-state index contributed by atoms with van der Waals surface area (Å²) >= 11 is 6.08. The summed E-state index contributed by atoms with van der Waals surface area (Å²) in [5.41, 5.74) is 1.72. The summed E-state index contributed by atoms with van der Waals surface area (Å²) in [5.74, 6) is 0.268. The second-order valence-electron chi connectivity index (χ2n) is 5.23. The van der Waals surface area contributed by atoms with Crippen molar-refractivity contribution in [2.75, 3.05) is 0 Å². The van der Waals surface area contributed by atoms with Gasteiger partial charge in [-0.15, -0.1) is 0 Å². The molecule has 2 nitrogen and oxygen atoms in total. The molecule has 3 heteroatoms. The number of hydrogen-bond donors (Lipinski definition) is 0. The van der Waals surface area contributed by atoms with Crippen LogP contribution in [0.15, 0.2) is 48.5 Å². The van der Waals surface area contributed by atoms with Crippen molar-refractivity contribution in [1.82, 2.24) is 0 Å². The van der Waals surface area contributed by atoms with Gasteiger partial charge in [-0.2, -0.15) is 0 Å². The highest BCUT2D eigenvalue weighted by atomic mass is 35.5. The first-order chi connectivity index (χ1) is 9.41. The number of rotatable bonds is 3. The summed E-state index contributed by atoms with van der Waals surface area (Å²) < 4.78 is 5.31. The van der Waals surface area contributed by atoms with Crippen molar-refractivity contribution in [3.8, 4) is 5.75 Å². The number of para-hydroxylation sites is 1. The smallest absolute Gasteiger partial charge is 0.308 e. The van der Waals surface area contributed by atoms with E-state index in [1.165, 1.54) is 6.92 Å². The van der Waals surface area contributed by atoms with Crippen LogP contribution in [-0.2, 0) is 10.2 Å². The van der Waals surface area contributed by atoms with E-state index in [9.17, 15) is 4.79 Å². The van der Waals surface area contributed by atoms with E-state index in [1.807, 2.05) is 48.5 Å². The van der Waals surface area contributed by atoms with Gasteiger partial charge in [0.1, 0.15) is 5.75 Å². The largest absolute Gasteiger partial charge is 0.426 e. The van der Waals surface area contributed by atoms with Gasteiger partial charge in [0.25, 0.3) is 0 Å². The number of halogens is 1. The van der Waals surface area contributed by atoms with Crippen LogP contribution in [0.3, 0.4) is 0 Å².